The van der Waals surface area contributed by atoms with Crippen molar-refractivity contribution in [3.8, 4) is 5.75 Å². The first kappa shape index (κ1) is 18.4. The molecule has 0 radical (unpaired) electrons. The van der Waals surface area contributed by atoms with Crippen molar-refractivity contribution in [1.82, 2.24) is 4.90 Å². The zero-order valence-electron chi connectivity index (χ0n) is 14.9. The number of nitro benzene ring substituents is 1. The van der Waals surface area contributed by atoms with Gasteiger partial charge < -0.3 is 14.5 Å². The van der Waals surface area contributed by atoms with Gasteiger partial charge >= 0.3 is 0 Å². The predicted octanol–water partition coefficient (Wildman–Crippen LogP) is 2.97. The molecule has 1 saturated carbocycles. The second kappa shape index (κ2) is 7.88. The molecule has 1 aliphatic heterocycles. The van der Waals surface area contributed by atoms with Gasteiger partial charge in [-0.25, -0.2) is 4.39 Å². The summed E-state index contributed by atoms with van der Waals surface area (Å²) in [6.07, 6.45) is 5.34. The molecule has 8 heteroatoms. The van der Waals surface area contributed by atoms with Gasteiger partial charge in [-0.3, -0.25) is 14.9 Å². The lowest BCUT2D eigenvalue weighted by atomic mass is 9.88. The van der Waals surface area contributed by atoms with Crippen molar-refractivity contribution in [2.75, 3.05) is 38.2 Å². The first-order valence-corrected chi connectivity index (χ1v) is 9.07. The van der Waals surface area contributed by atoms with Gasteiger partial charge in [-0.05, 0) is 12.8 Å². The van der Waals surface area contributed by atoms with Crippen LogP contribution in [0.25, 0.3) is 0 Å². The van der Waals surface area contributed by atoms with E-state index in [-0.39, 0.29) is 23.3 Å². The van der Waals surface area contributed by atoms with Gasteiger partial charge in [-0.2, -0.15) is 0 Å². The molecule has 1 aromatic rings. The van der Waals surface area contributed by atoms with Gasteiger partial charge in [-0.1, -0.05) is 19.3 Å². The van der Waals surface area contributed by atoms with Gasteiger partial charge in [0.2, 0.25) is 5.91 Å². The van der Waals surface area contributed by atoms with Crippen LogP contribution in [0.4, 0.5) is 15.8 Å². The highest BCUT2D eigenvalue weighted by atomic mass is 19.1. The third-order valence-electron chi connectivity index (χ3n) is 5.33. The maximum atomic E-state index is 13.8. The lowest BCUT2D eigenvalue weighted by molar-refractivity contribution is -0.384. The summed E-state index contributed by atoms with van der Waals surface area (Å²) in [6, 6.07) is 2.26. The van der Waals surface area contributed by atoms with E-state index in [2.05, 4.69) is 0 Å². The summed E-state index contributed by atoms with van der Waals surface area (Å²) < 4.78 is 18.8. The van der Waals surface area contributed by atoms with E-state index in [1.807, 2.05) is 9.80 Å². The van der Waals surface area contributed by atoms with Gasteiger partial charge in [0.05, 0.1) is 18.1 Å². The average Bonchev–Trinajstić information content (AvgIpc) is 2.68. The zero-order valence-corrected chi connectivity index (χ0v) is 14.9. The molecule has 0 atom stereocenters. The molecule has 1 saturated heterocycles. The number of nitrogens with zero attached hydrogens (tertiary/aromatic N) is 3. The Labute approximate surface area is 151 Å². The summed E-state index contributed by atoms with van der Waals surface area (Å²) in [6.45, 7) is 2.00. The van der Waals surface area contributed by atoms with Crippen LogP contribution in [0.1, 0.15) is 32.1 Å². The standard InChI is InChI=1S/C18H24FN3O4/c1-26-17-12-15(16(22(24)25)11-14(17)19)20-7-9-21(10-8-20)18(23)13-5-3-2-4-6-13/h11-13H,2-10H2,1H3. The number of methoxy groups -OCH3 is 1. The van der Waals surface area contributed by atoms with E-state index in [4.69, 9.17) is 4.74 Å². The van der Waals surface area contributed by atoms with E-state index < -0.39 is 10.7 Å². The van der Waals surface area contributed by atoms with Crippen molar-refractivity contribution in [3.05, 3.63) is 28.1 Å². The van der Waals surface area contributed by atoms with E-state index in [9.17, 15) is 19.3 Å². The Balaban J connectivity index is 1.71. The molecule has 0 aromatic heterocycles. The van der Waals surface area contributed by atoms with E-state index >= 15 is 0 Å². The topological polar surface area (TPSA) is 75.9 Å². The highest BCUT2D eigenvalue weighted by molar-refractivity contribution is 5.79. The summed E-state index contributed by atoms with van der Waals surface area (Å²) in [5.41, 5.74) is 0.0494. The number of piperazine rings is 1. The number of benzene rings is 1. The predicted molar refractivity (Wildman–Crippen MR) is 95.0 cm³/mol. The summed E-state index contributed by atoms with van der Waals surface area (Å²) in [5, 5.41) is 11.3. The number of halogens is 1. The second-order valence-electron chi connectivity index (χ2n) is 6.88. The molecule has 0 spiro atoms. The lowest BCUT2D eigenvalue weighted by Crippen LogP contribution is -2.50. The third kappa shape index (κ3) is 3.73. The molecule has 1 heterocycles. The van der Waals surface area contributed by atoms with Crippen LogP contribution in [0.3, 0.4) is 0 Å². The fraction of sp³-hybridized carbons (Fsp3) is 0.611. The van der Waals surface area contributed by atoms with Crippen LogP contribution in [0.15, 0.2) is 12.1 Å². The smallest absolute Gasteiger partial charge is 0.295 e. The van der Waals surface area contributed by atoms with Gasteiger partial charge in [0, 0.05) is 38.2 Å². The van der Waals surface area contributed by atoms with Crippen molar-refractivity contribution < 1.29 is 18.8 Å². The van der Waals surface area contributed by atoms with Crippen molar-refractivity contribution >= 4 is 17.3 Å². The number of hydrogen-bond donors (Lipinski definition) is 0. The van der Waals surface area contributed by atoms with Crippen LogP contribution in [0.2, 0.25) is 0 Å². The number of amides is 1. The van der Waals surface area contributed by atoms with Crippen LogP contribution in [0.5, 0.6) is 5.75 Å². The molecule has 2 fully saturated rings. The van der Waals surface area contributed by atoms with Crippen LogP contribution >= 0.6 is 0 Å². The van der Waals surface area contributed by atoms with Gasteiger partial charge in [0.15, 0.2) is 11.6 Å². The maximum absolute atomic E-state index is 13.8. The van der Waals surface area contributed by atoms with E-state index in [1.54, 1.807) is 0 Å². The number of carbonyl (C=O) groups is 1. The lowest BCUT2D eigenvalue weighted by Gasteiger charge is -2.38. The molecular weight excluding hydrogens is 341 g/mol. The molecule has 0 unspecified atom stereocenters. The number of nitro groups is 1. The summed E-state index contributed by atoms with van der Waals surface area (Å²) in [5.74, 6) is -0.452. The highest BCUT2D eigenvalue weighted by Gasteiger charge is 2.31. The summed E-state index contributed by atoms with van der Waals surface area (Å²) >= 11 is 0. The average molecular weight is 365 g/mol. The summed E-state index contributed by atoms with van der Waals surface area (Å²) in [7, 11) is 1.33. The Kier molecular flexibility index (Phi) is 5.58. The Morgan fingerprint density at radius 2 is 1.85 bits per heavy atom. The molecule has 1 aliphatic carbocycles. The molecule has 1 aromatic carbocycles. The van der Waals surface area contributed by atoms with Gasteiger partial charge in [0.25, 0.3) is 5.69 Å². The quantitative estimate of drug-likeness (QED) is 0.606. The van der Waals surface area contributed by atoms with Gasteiger partial charge in [0.1, 0.15) is 5.69 Å². The van der Waals surface area contributed by atoms with Crippen molar-refractivity contribution in [1.29, 1.82) is 0 Å². The van der Waals surface area contributed by atoms with E-state index in [0.29, 0.717) is 31.9 Å². The number of ether oxygens (including phenoxy) is 1. The zero-order chi connectivity index (χ0) is 18.7. The molecule has 0 bridgehead atoms. The van der Waals surface area contributed by atoms with Crippen LogP contribution in [-0.4, -0.2) is 49.0 Å². The normalized spacial score (nSPS) is 18.7. The largest absolute Gasteiger partial charge is 0.494 e. The number of hydrogen-bond acceptors (Lipinski definition) is 5. The SMILES string of the molecule is COc1cc(N2CCN(C(=O)C3CCCCC3)CC2)c([N+](=O)[O-])cc1F. The fourth-order valence-corrected chi connectivity index (χ4v) is 3.86. The highest BCUT2D eigenvalue weighted by Crippen LogP contribution is 2.35. The third-order valence-corrected chi connectivity index (χ3v) is 5.33. The molecule has 2 aliphatic rings. The Morgan fingerprint density at radius 3 is 2.42 bits per heavy atom. The Bertz CT molecular complexity index is 683. The van der Waals surface area contributed by atoms with E-state index in [1.165, 1.54) is 19.6 Å². The second-order valence-corrected chi connectivity index (χ2v) is 6.88. The molecule has 0 N–H and O–H groups in total. The van der Waals surface area contributed by atoms with Crippen molar-refractivity contribution in [2.24, 2.45) is 5.92 Å². The molecule has 1 amide bonds. The first-order chi connectivity index (χ1) is 12.5. The Hall–Kier alpha value is -2.38. The van der Waals surface area contributed by atoms with E-state index in [0.717, 1.165) is 31.7 Å². The maximum Gasteiger partial charge on any atom is 0.295 e. The van der Waals surface area contributed by atoms with Crippen molar-refractivity contribution in [2.45, 2.75) is 32.1 Å². The summed E-state index contributed by atoms with van der Waals surface area (Å²) in [4.78, 5) is 27.0. The molecule has 3 rings (SSSR count). The van der Waals surface area contributed by atoms with Crippen LogP contribution < -0.4 is 9.64 Å². The minimum atomic E-state index is -0.755. The van der Waals surface area contributed by atoms with Gasteiger partial charge in [-0.15, -0.1) is 0 Å². The number of rotatable bonds is 4. The number of anilines is 1. The van der Waals surface area contributed by atoms with Crippen molar-refractivity contribution in [3.63, 3.8) is 0 Å². The van der Waals surface area contributed by atoms with Crippen LogP contribution in [-0.2, 0) is 4.79 Å². The molecule has 142 valence electrons. The molecular formula is C18H24FN3O4. The molecule has 7 nitrogen and oxygen atoms in total. The fourth-order valence-electron chi connectivity index (χ4n) is 3.86. The monoisotopic (exact) mass is 365 g/mol. The first-order valence-electron chi connectivity index (χ1n) is 9.07. The van der Waals surface area contributed by atoms with Crippen LogP contribution in [0, 0.1) is 21.8 Å². The Morgan fingerprint density at radius 1 is 1.19 bits per heavy atom. The molecule has 26 heavy (non-hydrogen) atoms. The number of carbonyl (C=O) groups excluding carboxylic acids is 1. The minimum absolute atomic E-state index is 0.0219. The minimum Gasteiger partial charge on any atom is -0.494 e.